The van der Waals surface area contributed by atoms with E-state index in [4.69, 9.17) is 4.74 Å². The van der Waals surface area contributed by atoms with E-state index in [9.17, 15) is 32.7 Å². The molecule has 0 aliphatic heterocycles. The van der Waals surface area contributed by atoms with E-state index in [0.29, 0.717) is 5.56 Å². The van der Waals surface area contributed by atoms with Gasteiger partial charge in [-0.3, -0.25) is 4.79 Å². The fourth-order valence-electron chi connectivity index (χ4n) is 3.74. The number of amides is 3. The molecule has 2 aromatic carbocycles. The Balaban J connectivity index is 1.97. The third kappa shape index (κ3) is 7.07. The summed E-state index contributed by atoms with van der Waals surface area (Å²) in [5.74, 6) is -2.86. The largest absolute Gasteiger partial charge is 0.478 e. The summed E-state index contributed by atoms with van der Waals surface area (Å²) < 4.78 is 46.9. The van der Waals surface area contributed by atoms with Crippen molar-refractivity contribution in [3.05, 3.63) is 82.5 Å². The number of aryl methyl sites for hydroxylation is 1. The molecule has 0 atom stereocenters. The van der Waals surface area contributed by atoms with Crippen molar-refractivity contribution >= 4 is 23.6 Å². The quantitative estimate of drug-likeness (QED) is 0.366. The molecular weight excluding hydrogens is 529 g/mol. The van der Waals surface area contributed by atoms with Gasteiger partial charge >= 0.3 is 18.2 Å². The van der Waals surface area contributed by atoms with Crippen molar-refractivity contribution in [2.75, 3.05) is 19.0 Å². The highest BCUT2D eigenvalue weighted by Crippen LogP contribution is 2.38. The lowest BCUT2D eigenvalue weighted by molar-refractivity contribution is -0.138. The van der Waals surface area contributed by atoms with Gasteiger partial charge in [0.2, 0.25) is 5.88 Å². The van der Waals surface area contributed by atoms with Crippen LogP contribution in [-0.4, -0.2) is 53.0 Å². The minimum Gasteiger partial charge on any atom is -0.478 e. The molecule has 0 bridgehead atoms. The van der Waals surface area contributed by atoms with E-state index < -0.39 is 41.6 Å². The molecule has 3 aromatic rings. The molecule has 2 N–H and O–H groups in total. The molecule has 0 fully saturated rings. The van der Waals surface area contributed by atoms with Gasteiger partial charge in [-0.15, -0.1) is 0 Å². The van der Waals surface area contributed by atoms with E-state index in [1.54, 1.807) is 38.1 Å². The van der Waals surface area contributed by atoms with Crippen molar-refractivity contribution in [1.82, 2.24) is 15.2 Å². The number of carboxylic acid groups (broad SMARTS) is 1. The van der Waals surface area contributed by atoms with Crippen molar-refractivity contribution in [3.8, 4) is 11.6 Å². The summed E-state index contributed by atoms with van der Waals surface area (Å²) in [6, 6.07) is 10.3. The third-order valence-electron chi connectivity index (χ3n) is 5.77. The molecule has 1 aromatic heterocycles. The van der Waals surface area contributed by atoms with E-state index in [1.807, 2.05) is 6.92 Å². The molecule has 0 radical (unpaired) electrons. The number of anilines is 1. The maximum atomic E-state index is 13.8. The van der Waals surface area contributed by atoms with Gasteiger partial charge in [0.25, 0.3) is 5.91 Å². The molecule has 0 saturated heterocycles. The monoisotopic (exact) mass is 558 g/mol. The minimum absolute atomic E-state index is 0.0522. The Morgan fingerprint density at radius 2 is 1.70 bits per heavy atom. The van der Waals surface area contributed by atoms with Gasteiger partial charge in [-0.05, 0) is 62.7 Å². The number of benzene rings is 2. The number of alkyl halides is 3. The second kappa shape index (κ2) is 12.1. The summed E-state index contributed by atoms with van der Waals surface area (Å²) in [5, 5.41) is 12.4. The van der Waals surface area contributed by atoms with Crippen molar-refractivity contribution < 1.29 is 37.4 Å². The predicted molar refractivity (Wildman–Crippen MR) is 142 cm³/mol. The first-order valence-electron chi connectivity index (χ1n) is 12.2. The van der Waals surface area contributed by atoms with Gasteiger partial charge in [0.1, 0.15) is 11.3 Å². The summed E-state index contributed by atoms with van der Waals surface area (Å²) >= 11 is 0. The first-order chi connectivity index (χ1) is 18.7. The fraction of sp³-hybridized carbons (Fsp3) is 0.286. The molecule has 0 spiro atoms. The van der Waals surface area contributed by atoms with Crippen LogP contribution >= 0.6 is 0 Å². The van der Waals surface area contributed by atoms with E-state index in [0.717, 1.165) is 23.9 Å². The van der Waals surface area contributed by atoms with Crippen LogP contribution in [0.4, 0.5) is 23.7 Å². The fourth-order valence-corrected chi connectivity index (χ4v) is 3.74. The van der Waals surface area contributed by atoms with E-state index in [1.165, 1.54) is 36.0 Å². The number of carboxylic acids is 1. The Morgan fingerprint density at radius 1 is 1.05 bits per heavy atom. The van der Waals surface area contributed by atoms with Crippen LogP contribution < -0.4 is 15.0 Å². The zero-order chi connectivity index (χ0) is 29.8. The van der Waals surface area contributed by atoms with Crippen LogP contribution in [0.25, 0.3) is 0 Å². The number of ether oxygens (including phenoxy) is 1. The Bertz CT molecular complexity index is 1410. The number of halogens is 3. The molecular formula is C28H29F3N4O5. The number of hydrogen-bond acceptors (Lipinski definition) is 5. The topological polar surface area (TPSA) is 112 Å². The Labute approximate surface area is 229 Å². The van der Waals surface area contributed by atoms with E-state index >= 15 is 0 Å². The molecule has 0 unspecified atom stereocenters. The molecule has 212 valence electrons. The summed E-state index contributed by atoms with van der Waals surface area (Å²) in [6.07, 6.45) is -3.73. The van der Waals surface area contributed by atoms with Crippen molar-refractivity contribution in [1.29, 1.82) is 0 Å². The number of hydrogen-bond donors (Lipinski definition) is 2. The molecule has 0 aliphatic rings. The van der Waals surface area contributed by atoms with Crippen molar-refractivity contribution in [3.63, 3.8) is 0 Å². The molecule has 40 heavy (non-hydrogen) atoms. The van der Waals surface area contributed by atoms with Crippen LogP contribution in [0.1, 0.15) is 51.3 Å². The van der Waals surface area contributed by atoms with Gasteiger partial charge in [-0.25, -0.2) is 14.6 Å². The number of urea groups is 1. The zero-order valence-electron chi connectivity index (χ0n) is 22.5. The Hall–Kier alpha value is -4.61. The third-order valence-corrected chi connectivity index (χ3v) is 5.77. The molecule has 12 heteroatoms. The van der Waals surface area contributed by atoms with Crippen LogP contribution in [-0.2, 0) is 12.7 Å². The number of carbonyl (C=O) groups excluding carboxylic acids is 2. The summed E-state index contributed by atoms with van der Waals surface area (Å²) in [4.78, 5) is 43.5. The second-order valence-electron chi connectivity index (χ2n) is 9.47. The van der Waals surface area contributed by atoms with Gasteiger partial charge in [0, 0.05) is 38.4 Å². The summed E-state index contributed by atoms with van der Waals surface area (Å²) in [5.41, 5.74) is -0.128. The van der Waals surface area contributed by atoms with Crippen LogP contribution in [0.2, 0.25) is 0 Å². The Kier molecular flexibility index (Phi) is 9.02. The molecule has 3 amide bonds. The van der Waals surface area contributed by atoms with Gasteiger partial charge < -0.3 is 25.0 Å². The lowest BCUT2D eigenvalue weighted by Crippen LogP contribution is -2.38. The van der Waals surface area contributed by atoms with Crippen molar-refractivity contribution in [2.24, 2.45) is 0 Å². The number of aromatic carboxylic acids is 1. The number of pyridine rings is 1. The molecule has 3 rings (SSSR count). The minimum atomic E-state index is -4.85. The first kappa shape index (κ1) is 29.9. The highest BCUT2D eigenvalue weighted by Gasteiger charge is 2.36. The number of nitrogens with zero attached hydrogens (tertiary/aromatic N) is 3. The number of rotatable bonds is 8. The maximum Gasteiger partial charge on any atom is 0.421 e. The van der Waals surface area contributed by atoms with Gasteiger partial charge in [-0.2, -0.15) is 13.2 Å². The molecule has 0 aliphatic carbocycles. The van der Waals surface area contributed by atoms with Gasteiger partial charge in [0.15, 0.2) is 0 Å². The summed E-state index contributed by atoms with van der Waals surface area (Å²) in [6.45, 7) is 5.09. The highest BCUT2D eigenvalue weighted by atomic mass is 19.4. The van der Waals surface area contributed by atoms with E-state index in [2.05, 4.69) is 10.3 Å². The predicted octanol–water partition coefficient (Wildman–Crippen LogP) is 5.73. The number of carbonyl (C=O) groups is 3. The molecule has 1 heterocycles. The smallest absolute Gasteiger partial charge is 0.421 e. The molecule has 9 nitrogen and oxygen atoms in total. The number of aromatic nitrogens is 1. The average molecular weight is 559 g/mol. The summed E-state index contributed by atoms with van der Waals surface area (Å²) in [7, 11) is 2.97. The lowest BCUT2D eigenvalue weighted by atomic mass is 10.1. The highest BCUT2D eigenvalue weighted by molar-refractivity contribution is 6.09. The second-order valence-corrected chi connectivity index (χ2v) is 9.47. The van der Waals surface area contributed by atoms with Crippen LogP contribution in [0, 0.1) is 6.92 Å². The maximum absolute atomic E-state index is 13.8. The normalized spacial score (nSPS) is 11.2. The lowest BCUT2D eigenvalue weighted by Gasteiger charge is -2.28. The molecule has 0 saturated carbocycles. The van der Waals surface area contributed by atoms with Gasteiger partial charge in [-0.1, -0.05) is 17.7 Å². The van der Waals surface area contributed by atoms with Crippen LogP contribution in [0.15, 0.2) is 54.7 Å². The standard InChI is InChI=1S/C28H29F3N4O5/c1-16(2)35(25(36)19-8-6-17(3)7-9-19)23-11-10-20(13-21(23)26(37)38)40-24-22(28(29,30)31)12-18(14-32-24)15-33-27(39)34(4)5/h6-14,16H,15H2,1-5H3,(H,33,39)(H,37,38). The van der Waals surface area contributed by atoms with Crippen LogP contribution in [0.5, 0.6) is 11.6 Å². The number of nitrogens with one attached hydrogen (secondary N) is 1. The SMILES string of the molecule is Cc1ccc(C(=O)N(c2ccc(Oc3ncc(CNC(=O)N(C)C)cc3C(F)(F)F)cc2C(=O)O)C(C)C)cc1. The first-order valence-corrected chi connectivity index (χ1v) is 12.2. The zero-order valence-corrected chi connectivity index (χ0v) is 22.5. The van der Waals surface area contributed by atoms with Gasteiger partial charge in [0.05, 0.1) is 11.3 Å². The van der Waals surface area contributed by atoms with E-state index in [-0.39, 0.29) is 29.1 Å². The Morgan fingerprint density at radius 3 is 2.25 bits per heavy atom. The average Bonchev–Trinajstić information content (AvgIpc) is 2.88. The van der Waals surface area contributed by atoms with Crippen molar-refractivity contribution in [2.45, 2.75) is 39.5 Å². The van der Waals surface area contributed by atoms with Crippen LogP contribution in [0.3, 0.4) is 0 Å².